The highest BCUT2D eigenvalue weighted by Gasteiger charge is 2.02. The third kappa shape index (κ3) is 3.01. The van der Waals surface area contributed by atoms with Gasteiger partial charge in [-0.05, 0) is 34.9 Å². The lowest BCUT2D eigenvalue weighted by Crippen LogP contribution is -2.26. The Hall–Kier alpha value is -1.55. The molecule has 0 bridgehead atoms. The molecular weight excluding hydrogens is 292 g/mol. The molecule has 0 spiro atoms. The zero-order valence-electron chi connectivity index (χ0n) is 9.95. The third-order valence-corrected chi connectivity index (χ3v) is 3.34. The number of benzene rings is 2. The second kappa shape index (κ2) is 5.87. The molecule has 0 unspecified atom stereocenters. The van der Waals surface area contributed by atoms with E-state index in [0.717, 1.165) is 17.5 Å². The van der Waals surface area contributed by atoms with Crippen LogP contribution >= 0.6 is 15.9 Å². The second-order valence-corrected chi connectivity index (χ2v) is 4.69. The summed E-state index contributed by atoms with van der Waals surface area (Å²) in [4.78, 5) is 11.1. The van der Waals surface area contributed by atoms with E-state index in [0.29, 0.717) is 11.9 Å². The van der Waals surface area contributed by atoms with Crippen LogP contribution in [0.4, 0.5) is 5.69 Å². The van der Waals surface area contributed by atoms with Crippen molar-refractivity contribution in [3.8, 4) is 0 Å². The number of fused-ring (bicyclic) bond motifs is 1. The number of anilines is 1. The fourth-order valence-corrected chi connectivity index (χ4v) is 2.16. The molecule has 0 heterocycles. The highest BCUT2D eigenvalue weighted by molar-refractivity contribution is 9.09. The Kier molecular flexibility index (Phi) is 4.20. The molecule has 2 rings (SSSR count). The summed E-state index contributed by atoms with van der Waals surface area (Å²) >= 11 is 3.12. The van der Waals surface area contributed by atoms with Crippen molar-refractivity contribution in [2.45, 2.75) is 6.42 Å². The molecule has 0 saturated carbocycles. The second-order valence-electron chi connectivity index (χ2n) is 4.13. The summed E-state index contributed by atoms with van der Waals surface area (Å²) in [6.07, 6.45) is 0.805. The zero-order chi connectivity index (χ0) is 13.0. The Morgan fingerprint density at radius 3 is 2.89 bits per heavy atom. The van der Waals surface area contributed by atoms with E-state index in [1.54, 1.807) is 0 Å². The van der Waals surface area contributed by atoms with E-state index in [1.807, 2.05) is 24.3 Å². The summed E-state index contributed by atoms with van der Waals surface area (Å²) in [6, 6.07) is 12.1. The van der Waals surface area contributed by atoms with E-state index in [9.17, 15) is 4.79 Å². The Bertz CT molecular complexity index is 569. The van der Waals surface area contributed by atoms with Crippen LogP contribution in [0.3, 0.4) is 0 Å². The van der Waals surface area contributed by atoms with Gasteiger partial charge in [0.25, 0.3) is 0 Å². The highest BCUT2D eigenvalue weighted by Crippen LogP contribution is 2.21. The van der Waals surface area contributed by atoms with Gasteiger partial charge in [-0.2, -0.15) is 0 Å². The van der Waals surface area contributed by atoms with Crippen LogP contribution in [0.2, 0.25) is 0 Å². The number of nitrogen functional groups attached to an aromatic ring is 1. The predicted octanol–water partition coefficient (Wildman–Crippen LogP) is 2.48. The van der Waals surface area contributed by atoms with Gasteiger partial charge in [-0.25, -0.2) is 0 Å². The number of hydrogen-bond donors (Lipinski definition) is 2. The molecule has 3 N–H and O–H groups in total. The Balaban J connectivity index is 2.17. The number of nitrogens with two attached hydrogens (primary N) is 1. The van der Waals surface area contributed by atoms with Crippen LogP contribution < -0.4 is 11.1 Å². The van der Waals surface area contributed by atoms with Crippen LogP contribution in [0.25, 0.3) is 10.8 Å². The Labute approximate surface area is 114 Å². The van der Waals surface area contributed by atoms with Crippen LogP contribution in [-0.2, 0) is 11.2 Å². The summed E-state index contributed by atoms with van der Waals surface area (Å²) in [6.45, 7) is 0.637. The highest BCUT2D eigenvalue weighted by atomic mass is 79.9. The lowest BCUT2D eigenvalue weighted by atomic mass is 10.0. The molecule has 0 saturated heterocycles. The summed E-state index contributed by atoms with van der Waals surface area (Å²) in [5.41, 5.74) is 7.78. The molecule has 0 radical (unpaired) electrons. The van der Waals surface area contributed by atoms with Gasteiger partial charge in [-0.1, -0.05) is 40.2 Å². The van der Waals surface area contributed by atoms with Crippen molar-refractivity contribution in [3.05, 3.63) is 42.0 Å². The average Bonchev–Trinajstić information content (AvgIpc) is 2.39. The molecular formula is C14H15BrN2O. The number of rotatable bonds is 4. The van der Waals surface area contributed by atoms with Gasteiger partial charge in [-0.3, -0.25) is 4.79 Å². The summed E-state index contributed by atoms with van der Waals surface area (Å²) in [5, 5.41) is 5.52. The van der Waals surface area contributed by atoms with Gasteiger partial charge in [-0.15, -0.1) is 0 Å². The average molecular weight is 307 g/mol. The molecule has 2 aromatic carbocycles. The van der Waals surface area contributed by atoms with Crippen LogP contribution in [-0.4, -0.2) is 17.8 Å². The first-order valence-electron chi connectivity index (χ1n) is 5.80. The Morgan fingerprint density at radius 1 is 1.28 bits per heavy atom. The third-order valence-electron chi connectivity index (χ3n) is 2.83. The number of carbonyl (C=O) groups excluding carboxylic acids is 1. The number of halogens is 1. The molecule has 0 aromatic heterocycles. The van der Waals surface area contributed by atoms with E-state index < -0.39 is 0 Å². The number of alkyl halides is 1. The van der Waals surface area contributed by atoms with E-state index in [1.165, 1.54) is 10.9 Å². The maximum absolute atomic E-state index is 11.1. The number of hydrogen-bond acceptors (Lipinski definition) is 2. The van der Waals surface area contributed by atoms with Gasteiger partial charge in [0.15, 0.2) is 0 Å². The monoisotopic (exact) mass is 306 g/mol. The fourth-order valence-electron chi connectivity index (χ4n) is 1.96. The SMILES string of the molecule is Nc1ccc2cccc(CCNC(=O)CBr)c2c1. The van der Waals surface area contributed by atoms with Crippen LogP contribution in [0.1, 0.15) is 5.56 Å². The van der Waals surface area contributed by atoms with E-state index in [4.69, 9.17) is 5.73 Å². The Morgan fingerprint density at radius 2 is 2.11 bits per heavy atom. The van der Waals surface area contributed by atoms with Gasteiger partial charge < -0.3 is 11.1 Å². The van der Waals surface area contributed by atoms with E-state index in [-0.39, 0.29) is 5.91 Å². The summed E-state index contributed by atoms with van der Waals surface area (Å²) in [5.74, 6) is 0.00903. The minimum absolute atomic E-state index is 0.00903. The van der Waals surface area contributed by atoms with Crippen molar-refractivity contribution < 1.29 is 4.79 Å². The molecule has 2 aromatic rings. The van der Waals surface area contributed by atoms with Crippen LogP contribution in [0.5, 0.6) is 0 Å². The van der Waals surface area contributed by atoms with Crippen molar-refractivity contribution in [1.29, 1.82) is 0 Å². The first-order chi connectivity index (χ1) is 8.70. The van der Waals surface area contributed by atoms with Crippen molar-refractivity contribution in [2.75, 3.05) is 17.6 Å². The van der Waals surface area contributed by atoms with E-state index in [2.05, 4.69) is 33.4 Å². The molecule has 94 valence electrons. The van der Waals surface area contributed by atoms with Crippen molar-refractivity contribution in [1.82, 2.24) is 5.32 Å². The normalized spacial score (nSPS) is 10.5. The zero-order valence-corrected chi connectivity index (χ0v) is 11.5. The maximum Gasteiger partial charge on any atom is 0.230 e. The quantitative estimate of drug-likeness (QED) is 0.673. The van der Waals surface area contributed by atoms with Crippen molar-refractivity contribution in [3.63, 3.8) is 0 Å². The number of nitrogens with one attached hydrogen (secondary N) is 1. The minimum Gasteiger partial charge on any atom is -0.399 e. The predicted molar refractivity (Wildman–Crippen MR) is 78.9 cm³/mol. The molecule has 3 nitrogen and oxygen atoms in total. The molecule has 0 aliphatic rings. The molecule has 0 aliphatic heterocycles. The lowest BCUT2D eigenvalue weighted by molar-refractivity contribution is -0.118. The summed E-state index contributed by atoms with van der Waals surface area (Å²) in [7, 11) is 0. The molecule has 0 atom stereocenters. The van der Waals surface area contributed by atoms with Crippen LogP contribution in [0.15, 0.2) is 36.4 Å². The molecule has 0 aliphatic carbocycles. The molecule has 4 heteroatoms. The van der Waals surface area contributed by atoms with Gasteiger partial charge in [0, 0.05) is 12.2 Å². The first kappa shape index (κ1) is 12.9. The van der Waals surface area contributed by atoms with Crippen molar-refractivity contribution >= 4 is 38.3 Å². The molecule has 18 heavy (non-hydrogen) atoms. The molecule has 0 fully saturated rings. The van der Waals surface area contributed by atoms with E-state index >= 15 is 0 Å². The lowest BCUT2D eigenvalue weighted by Gasteiger charge is -2.08. The van der Waals surface area contributed by atoms with Gasteiger partial charge in [0.05, 0.1) is 5.33 Å². The minimum atomic E-state index is 0.00903. The van der Waals surface area contributed by atoms with Crippen molar-refractivity contribution in [2.24, 2.45) is 0 Å². The summed E-state index contributed by atoms with van der Waals surface area (Å²) < 4.78 is 0. The number of carbonyl (C=O) groups is 1. The topological polar surface area (TPSA) is 55.1 Å². The standard InChI is InChI=1S/C14H15BrN2O/c15-9-14(18)17-7-6-11-3-1-2-10-4-5-12(16)8-13(10)11/h1-5,8H,6-7,9,16H2,(H,17,18). The fraction of sp³-hybridized carbons (Fsp3) is 0.214. The first-order valence-corrected chi connectivity index (χ1v) is 6.92. The van der Waals surface area contributed by atoms with Gasteiger partial charge >= 0.3 is 0 Å². The van der Waals surface area contributed by atoms with Gasteiger partial charge in [0.1, 0.15) is 0 Å². The van der Waals surface area contributed by atoms with Gasteiger partial charge in [0.2, 0.25) is 5.91 Å². The smallest absolute Gasteiger partial charge is 0.230 e. The largest absolute Gasteiger partial charge is 0.399 e. The maximum atomic E-state index is 11.1. The molecule has 1 amide bonds. The number of amides is 1. The van der Waals surface area contributed by atoms with Crippen LogP contribution in [0, 0.1) is 0 Å².